The molecule has 1 aliphatic rings. The molecular weight excluding hydrogens is 314 g/mol. The van der Waals surface area contributed by atoms with Crippen LogP contribution in [0.15, 0.2) is 42.6 Å². The third kappa shape index (κ3) is 4.57. The van der Waals surface area contributed by atoms with Crippen molar-refractivity contribution in [3.8, 4) is 11.8 Å². The summed E-state index contributed by atoms with van der Waals surface area (Å²) in [6.45, 7) is 0.658. The predicted octanol–water partition coefficient (Wildman–Crippen LogP) is 4.16. The van der Waals surface area contributed by atoms with Gasteiger partial charge in [0.25, 0.3) is 5.91 Å². The lowest BCUT2D eigenvalue weighted by Gasteiger charge is -2.22. The van der Waals surface area contributed by atoms with Crippen LogP contribution in [0.5, 0.6) is 5.75 Å². The van der Waals surface area contributed by atoms with E-state index in [1.807, 2.05) is 12.1 Å². The Bertz CT molecular complexity index is 759. The molecule has 1 N–H and O–H groups in total. The molecular formula is C20H21N3O2. The molecule has 1 aromatic carbocycles. The van der Waals surface area contributed by atoms with E-state index < -0.39 is 0 Å². The van der Waals surface area contributed by atoms with Crippen molar-refractivity contribution in [1.82, 2.24) is 4.98 Å². The largest absolute Gasteiger partial charge is 0.489 e. The molecule has 0 bridgehead atoms. The number of ether oxygens (including phenoxy) is 1. The van der Waals surface area contributed by atoms with E-state index >= 15 is 0 Å². The number of nitrogens with one attached hydrogen (secondary N) is 1. The molecule has 5 heteroatoms. The van der Waals surface area contributed by atoms with Crippen molar-refractivity contribution >= 4 is 11.7 Å². The molecule has 128 valence electrons. The van der Waals surface area contributed by atoms with Crippen LogP contribution in [0.2, 0.25) is 0 Å². The molecule has 1 heterocycles. The molecule has 25 heavy (non-hydrogen) atoms. The number of carbonyl (C=O) groups excluding carboxylic acids is 1. The zero-order valence-corrected chi connectivity index (χ0v) is 14.1. The van der Waals surface area contributed by atoms with E-state index in [2.05, 4.69) is 10.3 Å². The number of pyridine rings is 1. The monoisotopic (exact) mass is 335 g/mol. The first kappa shape index (κ1) is 17.0. The second-order valence-electron chi connectivity index (χ2n) is 6.31. The fourth-order valence-electron chi connectivity index (χ4n) is 3.04. The summed E-state index contributed by atoms with van der Waals surface area (Å²) in [5.74, 6) is 1.32. The van der Waals surface area contributed by atoms with Gasteiger partial charge in [0, 0.05) is 11.8 Å². The van der Waals surface area contributed by atoms with Crippen LogP contribution in [-0.4, -0.2) is 17.5 Å². The number of amides is 1. The van der Waals surface area contributed by atoms with E-state index in [-0.39, 0.29) is 5.91 Å². The Hall–Kier alpha value is -2.87. The Morgan fingerprint density at radius 3 is 2.68 bits per heavy atom. The SMILES string of the molecule is N#Cc1ccc(C(=O)Nc2ncccc2OCC2CCCCC2)cc1. The Kier molecular flexibility index (Phi) is 5.63. The fourth-order valence-corrected chi connectivity index (χ4v) is 3.04. The molecule has 1 saturated carbocycles. The molecule has 0 spiro atoms. The number of hydrogen-bond donors (Lipinski definition) is 1. The number of hydrogen-bond acceptors (Lipinski definition) is 4. The van der Waals surface area contributed by atoms with Gasteiger partial charge in [0.1, 0.15) is 0 Å². The highest BCUT2D eigenvalue weighted by atomic mass is 16.5. The number of nitriles is 1. The summed E-state index contributed by atoms with van der Waals surface area (Å²) < 4.78 is 5.93. The van der Waals surface area contributed by atoms with Gasteiger partial charge < -0.3 is 10.1 Å². The molecule has 1 fully saturated rings. The van der Waals surface area contributed by atoms with Crippen LogP contribution in [-0.2, 0) is 0 Å². The van der Waals surface area contributed by atoms with Crippen LogP contribution >= 0.6 is 0 Å². The fraction of sp³-hybridized carbons (Fsp3) is 0.350. The summed E-state index contributed by atoms with van der Waals surface area (Å²) in [4.78, 5) is 16.6. The molecule has 2 aromatic rings. The lowest BCUT2D eigenvalue weighted by molar-refractivity contribution is 0.102. The number of nitrogens with zero attached hydrogens (tertiary/aromatic N) is 2. The van der Waals surface area contributed by atoms with Crippen LogP contribution in [0, 0.1) is 17.2 Å². The standard InChI is InChI=1S/C20H21N3O2/c21-13-15-8-10-17(11-9-15)20(24)23-19-18(7-4-12-22-19)25-14-16-5-2-1-3-6-16/h4,7-12,16H,1-3,5-6,14H2,(H,22,23,24). The highest BCUT2D eigenvalue weighted by Gasteiger charge is 2.16. The number of anilines is 1. The molecule has 5 nitrogen and oxygen atoms in total. The number of rotatable bonds is 5. The van der Waals surface area contributed by atoms with Crippen LogP contribution in [0.1, 0.15) is 48.0 Å². The minimum Gasteiger partial charge on any atom is -0.489 e. The van der Waals surface area contributed by atoms with Crippen LogP contribution < -0.4 is 10.1 Å². The van der Waals surface area contributed by atoms with Crippen molar-refractivity contribution in [3.63, 3.8) is 0 Å². The van der Waals surface area contributed by atoms with Gasteiger partial charge in [-0.25, -0.2) is 4.98 Å². The molecule has 1 amide bonds. The summed E-state index contributed by atoms with van der Waals surface area (Å²) in [5.41, 5.74) is 0.994. The quantitative estimate of drug-likeness (QED) is 0.890. The Balaban J connectivity index is 1.65. The number of carbonyl (C=O) groups is 1. The minimum absolute atomic E-state index is 0.272. The van der Waals surface area contributed by atoms with Gasteiger partial charge in [-0.1, -0.05) is 19.3 Å². The lowest BCUT2D eigenvalue weighted by Crippen LogP contribution is -2.17. The van der Waals surface area contributed by atoms with Gasteiger partial charge in [-0.15, -0.1) is 0 Å². The summed E-state index contributed by atoms with van der Waals surface area (Å²) in [6, 6.07) is 12.1. The zero-order chi connectivity index (χ0) is 17.5. The predicted molar refractivity (Wildman–Crippen MR) is 95.4 cm³/mol. The van der Waals surface area contributed by atoms with E-state index in [0.29, 0.717) is 35.2 Å². The first-order chi connectivity index (χ1) is 12.3. The average Bonchev–Trinajstić information content (AvgIpc) is 2.68. The lowest BCUT2D eigenvalue weighted by atomic mass is 9.90. The number of benzene rings is 1. The van der Waals surface area contributed by atoms with Gasteiger partial charge in [-0.2, -0.15) is 5.26 Å². The molecule has 0 aliphatic heterocycles. The highest BCUT2D eigenvalue weighted by molar-refractivity contribution is 6.04. The molecule has 1 aromatic heterocycles. The summed E-state index contributed by atoms with van der Waals surface area (Å²) in [7, 11) is 0. The van der Waals surface area contributed by atoms with Crippen molar-refractivity contribution in [2.45, 2.75) is 32.1 Å². The van der Waals surface area contributed by atoms with E-state index in [9.17, 15) is 4.79 Å². The van der Waals surface area contributed by atoms with Gasteiger partial charge in [0.15, 0.2) is 11.6 Å². The van der Waals surface area contributed by atoms with Crippen molar-refractivity contribution in [1.29, 1.82) is 5.26 Å². The number of aromatic nitrogens is 1. The molecule has 0 saturated heterocycles. The van der Waals surface area contributed by atoms with E-state index in [0.717, 1.165) is 0 Å². The third-order valence-electron chi connectivity index (χ3n) is 4.48. The molecule has 3 rings (SSSR count). The van der Waals surface area contributed by atoms with Gasteiger partial charge >= 0.3 is 0 Å². The van der Waals surface area contributed by atoms with Gasteiger partial charge in [0.2, 0.25) is 0 Å². The smallest absolute Gasteiger partial charge is 0.256 e. The zero-order valence-electron chi connectivity index (χ0n) is 14.1. The minimum atomic E-state index is -0.272. The maximum atomic E-state index is 12.4. The van der Waals surface area contributed by atoms with Crippen LogP contribution in [0.25, 0.3) is 0 Å². The highest BCUT2D eigenvalue weighted by Crippen LogP contribution is 2.27. The maximum Gasteiger partial charge on any atom is 0.256 e. The summed E-state index contributed by atoms with van der Waals surface area (Å²) >= 11 is 0. The second kappa shape index (κ2) is 8.29. The summed E-state index contributed by atoms with van der Waals surface area (Å²) in [6.07, 6.45) is 7.88. The molecule has 0 atom stereocenters. The van der Waals surface area contributed by atoms with E-state index in [4.69, 9.17) is 10.00 Å². The molecule has 1 aliphatic carbocycles. The Morgan fingerprint density at radius 2 is 1.96 bits per heavy atom. The van der Waals surface area contributed by atoms with Gasteiger partial charge in [-0.05, 0) is 55.2 Å². The average molecular weight is 335 g/mol. The van der Waals surface area contributed by atoms with Crippen molar-refractivity contribution in [3.05, 3.63) is 53.7 Å². The summed E-state index contributed by atoms with van der Waals surface area (Å²) in [5, 5.41) is 11.6. The van der Waals surface area contributed by atoms with Gasteiger partial charge in [-0.3, -0.25) is 4.79 Å². The molecule has 0 radical (unpaired) electrons. The van der Waals surface area contributed by atoms with Crippen LogP contribution in [0.3, 0.4) is 0 Å². The van der Waals surface area contributed by atoms with E-state index in [1.165, 1.54) is 32.1 Å². The Morgan fingerprint density at radius 1 is 1.20 bits per heavy atom. The third-order valence-corrected chi connectivity index (χ3v) is 4.48. The van der Waals surface area contributed by atoms with Crippen molar-refractivity contribution < 1.29 is 9.53 Å². The Labute approximate surface area is 147 Å². The van der Waals surface area contributed by atoms with E-state index in [1.54, 1.807) is 36.5 Å². The molecule has 0 unspecified atom stereocenters. The van der Waals surface area contributed by atoms with Crippen molar-refractivity contribution in [2.75, 3.05) is 11.9 Å². The van der Waals surface area contributed by atoms with Gasteiger partial charge in [0.05, 0.1) is 18.2 Å². The first-order valence-electron chi connectivity index (χ1n) is 8.65. The van der Waals surface area contributed by atoms with Crippen molar-refractivity contribution in [2.24, 2.45) is 5.92 Å². The first-order valence-corrected chi connectivity index (χ1v) is 8.65. The second-order valence-corrected chi connectivity index (χ2v) is 6.31. The van der Waals surface area contributed by atoms with Crippen LogP contribution in [0.4, 0.5) is 5.82 Å². The normalized spacial score (nSPS) is 14.5. The topological polar surface area (TPSA) is 75.0 Å². The maximum absolute atomic E-state index is 12.4.